The van der Waals surface area contributed by atoms with Crippen LogP contribution in [0.25, 0.3) is 33.9 Å². The smallest absolute Gasteiger partial charge is 0.182 e. The molecule has 10 heteroatoms. The number of aromatic nitrogens is 7. The van der Waals surface area contributed by atoms with Crippen molar-refractivity contribution < 1.29 is 0 Å². The molecule has 2 aromatic carbocycles. The Balaban J connectivity index is 1.26. The molecule has 0 atom stereocenters. The highest BCUT2D eigenvalue weighted by Gasteiger charge is 2.13. The Labute approximate surface area is 207 Å². The number of hydrogen-bond donors (Lipinski definition) is 1. The Bertz CT molecular complexity index is 1560. The number of benzene rings is 2. The van der Waals surface area contributed by atoms with E-state index in [-0.39, 0.29) is 0 Å². The summed E-state index contributed by atoms with van der Waals surface area (Å²) in [5.41, 5.74) is 5.58. The zero-order valence-electron chi connectivity index (χ0n) is 19.4. The lowest BCUT2D eigenvalue weighted by Gasteiger charge is -2.28. The quantitative estimate of drug-likeness (QED) is 0.410. The fourth-order valence-corrected chi connectivity index (χ4v) is 4.28. The SMILES string of the molecule is N#Cc1cccc(-c2ncc3nnn(Cc4cccc(-c5ncc(N6CCNCC6)cn5)c4)c3n2)c1. The molecule has 5 aromatic rings. The van der Waals surface area contributed by atoms with Gasteiger partial charge < -0.3 is 10.2 Å². The van der Waals surface area contributed by atoms with Gasteiger partial charge in [0.25, 0.3) is 0 Å². The van der Waals surface area contributed by atoms with Crippen LogP contribution in [0.3, 0.4) is 0 Å². The first kappa shape index (κ1) is 21.8. The van der Waals surface area contributed by atoms with Crippen LogP contribution in [0.4, 0.5) is 5.69 Å². The van der Waals surface area contributed by atoms with Gasteiger partial charge in [-0.3, -0.25) is 0 Å². The molecule has 1 aliphatic rings. The highest BCUT2D eigenvalue weighted by Crippen LogP contribution is 2.22. The number of nitriles is 1. The maximum absolute atomic E-state index is 9.21. The summed E-state index contributed by atoms with van der Waals surface area (Å²) in [5.74, 6) is 1.20. The average molecular weight is 475 g/mol. The van der Waals surface area contributed by atoms with Crippen LogP contribution >= 0.6 is 0 Å². The number of rotatable bonds is 5. The van der Waals surface area contributed by atoms with Crippen molar-refractivity contribution in [1.82, 2.24) is 40.2 Å². The van der Waals surface area contributed by atoms with Crippen LogP contribution in [0.1, 0.15) is 11.1 Å². The van der Waals surface area contributed by atoms with Crippen molar-refractivity contribution in [2.45, 2.75) is 6.54 Å². The van der Waals surface area contributed by atoms with Crippen LogP contribution in [0, 0.1) is 11.3 Å². The van der Waals surface area contributed by atoms with Crippen molar-refractivity contribution >= 4 is 16.9 Å². The Morgan fingerprint density at radius 2 is 1.64 bits per heavy atom. The third-order valence-corrected chi connectivity index (χ3v) is 6.14. The molecule has 0 aliphatic carbocycles. The lowest BCUT2D eigenvalue weighted by molar-refractivity contribution is 0.588. The van der Waals surface area contributed by atoms with Crippen LogP contribution < -0.4 is 10.2 Å². The highest BCUT2D eigenvalue weighted by molar-refractivity contribution is 5.72. The Morgan fingerprint density at radius 1 is 0.889 bits per heavy atom. The second-order valence-electron chi connectivity index (χ2n) is 8.54. The first-order valence-electron chi connectivity index (χ1n) is 11.7. The summed E-state index contributed by atoms with van der Waals surface area (Å²) in [7, 11) is 0. The highest BCUT2D eigenvalue weighted by atomic mass is 15.4. The molecule has 0 amide bonds. The van der Waals surface area contributed by atoms with Gasteiger partial charge in [-0.1, -0.05) is 35.5 Å². The zero-order valence-corrected chi connectivity index (χ0v) is 19.4. The predicted molar refractivity (Wildman–Crippen MR) is 135 cm³/mol. The number of hydrogen-bond acceptors (Lipinski definition) is 9. The van der Waals surface area contributed by atoms with Gasteiger partial charge in [0.05, 0.1) is 42.5 Å². The summed E-state index contributed by atoms with van der Waals surface area (Å²) < 4.78 is 1.75. The Morgan fingerprint density at radius 3 is 2.44 bits per heavy atom. The van der Waals surface area contributed by atoms with Crippen LogP contribution in [-0.4, -0.2) is 61.1 Å². The molecule has 10 nitrogen and oxygen atoms in total. The third kappa shape index (κ3) is 4.35. The predicted octanol–water partition coefficient (Wildman–Crippen LogP) is 2.67. The molecule has 0 saturated carbocycles. The first-order chi connectivity index (χ1) is 17.8. The van der Waals surface area contributed by atoms with E-state index < -0.39 is 0 Å². The van der Waals surface area contributed by atoms with E-state index in [0.717, 1.165) is 48.6 Å². The fourth-order valence-electron chi connectivity index (χ4n) is 4.28. The first-order valence-corrected chi connectivity index (χ1v) is 11.7. The number of piperazine rings is 1. The molecular formula is C26H22N10. The Kier molecular flexibility index (Phi) is 5.73. The van der Waals surface area contributed by atoms with Gasteiger partial charge in [0.2, 0.25) is 0 Å². The molecule has 1 saturated heterocycles. The molecule has 0 bridgehead atoms. The van der Waals surface area contributed by atoms with E-state index >= 15 is 0 Å². The minimum absolute atomic E-state index is 0.484. The van der Waals surface area contributed by atoms with Crippen LogP contribution in [-0.2, 0) is 6.54 Å². The summed E-state index contributed by atoms with van der Waals surface area (Å²) in [5, 5.41) is 21.1. The molecule has 1 N–H and O–H groups in total. The minimum Gasteiger partial charge on any atom is -0.366 e. The van der Waals surface area contributed by atoms with Crippen LogP contribution in [0.5, 0.6) is 0 Å². The molecule has 0 unspecified atom stereocenters. The summed E-state index contributed by atoms with van der Waals surface area (Å²) in [6.45, 7) is 4.34. The maximum atomic E-state index is 9.21. The van der Waals surface area contributed by atoms with Gasteiger partial charge in [0, 0.05) is 37.3 Å². The number of fused-ring (bicyclic) bond motifs is 1. The van der Waals surface area contributed by atoms with E-state index in [1.165, 1.54) is 0 Å². The number of anilines is 1. The van der Waals surface area contributed by atoms with Crippen molar-refractivity contribution in [3.63, 3.8) is 0 Å². The molecule has 176 valence electrons. The monoisotopic (exact) mass is 474 g/mol. The molecule has 6 rings (SSSR count). The van der Waals surface area contributed by atoms with Gasteiger partial charge in [-0.25, -0.2) is 24.6 Å². The molecule has 1 aliphatic heterocycles. The lowest BCUT2D eigenvalue weighted by Crippen LogP contribution is -2.43. The van der Waals surface area contributed by atoms with E-state index in [1.807, 2.05) is 42.7 Å². The van der Waals surface area contributed by atoms with Gasteiger partial charge >= 0.3 is 0 Å². The largest absolute Gasteiger partial charge is 0.366 e. The van der Waals surface area contributed by atoms with Crippen molar-refractivity contribution in [3.8, 4) is 28.8 Å². The van der Waals surface area contributed by atoms with Crippen molar-refractivity contribution in [2.75, 3.05) is 31.1 Å². The normalized spacial score (nSPS) is 13.6. The molecule has 4 heterocycles. The van der Waals surface area contributed by atoms with E-state index in [0.29, 0.717) is 34.9 Å². The zero-order chi connectivity index (χ0) is 24.3. The summed E-state index contributed by atoms with van der Waals surface area (Å²) in [6.07, 6.45) is 5.44. The molecule has 0 spiro atoms. The van der Waals surface area contributed by atoms with Gasteiger partial charge in [0.15, 0.2) is 22.8 Å². The minimum atomic E-state index is 0.484. The van der Waals surface area contributed by atoms with Crippen LogP contribution in [0.15, 0.2) is 67.1 Å². The fraction of sp³-hybridized carbons (Fsp3) is 0.192. The lowest BCUT2D eigenvalue weighted by atomic mass is 10.1. The summed E-state index contributed by atoms with van der Waals surface area (Å²) in [6, 6.07) is 17.5. The van der Waals surface area contributed by atoms with E-state index in [4.69, 9.17) is 4.98 Å². The average Bonchev–Trinajstić information content (AvgIpc) is 3.35. The van der Waals surface area contributed by atoms with Crippen molar-refractivity contribution in [1.29, 1.82) is 5.26 Å². The van der Waals surface area contributed by atoms with E-state index in [9.17, 15) is 5.26 Å². The van der Waals surface area contributed by atoms with Crippen molar-refractivity contribution in [2.24, 2.45) is 0 Å². The number of nitrogens with one attached hydrogen (secondary N) is 1. The summed E-state index contributed by atoms with van der Waals surface area (Å²) in [4.78, 5) is 20.6. The topological polar surface area (TPSA) is 121 Å². The van der Waals surface area contributed by atoms with Crippen LogP contribution in [0.2, 0.25) is 0 Å². The van der Waals surface area contributed by atoms with E-state index in [2.05, 4.69) is 47.6 Å². The third-order valence-electron chi connectivity index (χ3n) is 6.14. The second kappa shape index (κ2) is 9.48. The van der Waals surface area contributed by atoms with Gasteiger partial charge in [0.1, 0.15) is 0 Å². The molecule has 0 radical (unpaired) electrons. The maximum Gasteiger partial charge on any atom is 0.182 e. The number of nitrogens with zero attached hydrogens (tertiary/aromatic N) is 9. The Hall–Kier alpha value is -4.75. The van der Waals surface area contributed by atoms with Gasteiger partial charge in [-0.2, -0.15) is 5.26 Å². The standard InChI is InChI=1S/C26H22N10/c27-13-18-3-1-6-21(11-18)25-31-16-23-26(32-25)36(34-33-23)17-19-4-2-5-20(12-19)24-29-14-22(15-30-24)35-9-7-28-8-10-35/h1-6,11-12,14-16,28H,7-10,17H2. The molecule has 1 fully saturated rings. The summed E-state index contributed by atoms with van der Waals surface area (Å²) >= 11 is 0. The van der Waals surface area contributed by atoms with Gasteiger partial charge in [-0.15, -0.1) is 5.10 Å². The van der Waals surface area contributed by atoms with Gasteiger partial charge in [-0.05, 0) is 23.8 Å². The van der Waals surface area contributed by atoms with Crippen molar-refractivity contribution in [3.05, 3.63) is 78.2 Å². The molecule has 3 aromatic heterocycles. The van der Waals surface area contributed by atoms with E-state index in [1.54, 1.807) is 23.0 Å². The molecular weight excluding hydrogens is 452 g/mol. The second-order valence-corrected chi connectivity index (χ2v) is 8.54. The molecule has 36 heavy (non-hydrogen) atoms.